The summed E-state index contributed by atoms with van der Waals surface area (Å²) >= 11 is 0. The van der Waals surface area contributed by atoms with Gasteiger partial charge in [0.2, 0.25) is 5.91 Å². The van der Waals surface area contributed by atoms with Crippen LogP contribution in [0.2, 0.25) is 0 Å². The fourth-order valence-electron chi connectivity index (χ4n) is 2.58. The molecule has 138 valence electrons. The first-order chi connectivity index (χ1) is 11.5. The Morgan fingerprint density at radius 2 is 1.92 bits per heavy atom. The number of carbonyl (C=O) groups is 2. The van der Waals surface area contributed by atoms with Gasteiger partial charge in [-0.25, -0.2) is 4.79 Å². The van der Waals surface area contributed by atoms with Crippen LogP contribution in [0.3, 0.4) is 0 Å². The van der Waals surface area contributed by atoms with E-state index in [0.29, 0.717) is 19.4 Å². The van der Waals surface area contributed by atoms with E-state index in [2.05, 4.69) is 5.32 Å². The van der Waals surface area contributed by atoms with E-state index >= 15 is 0 Å². The van der Waals surface area contributed by atoms with Gasteiger partial charge in [-0.15, -0.1) is 0 Å². The van der Waals surface area contributed by atoms with Crippen molar-refractivity contribution in [3.63, 3.8) is 0 Å². The fraction of sp³-hybridized carbons (Fsp3) is 0.529. The van der Waals surface area contributed by atoms with Crippen LogP contribution in [0.1, 0.15) is 39.2 Å². The Kier molecular flexibility index (Phi) is 5.29. The molecule has 0 unspecified atom stereocenters. The number of amides is 2. The minimum absolute atomic E-state index is 0.0378. The van der Waals surface area contributed by atoms with E-state index in [-0.39, 0.29) is 5.69 Å². The summed E-state index contributed by atoms with van der Waals surface area (Å²) in [5.74, 6) is -0.525. The van der Waals surface area contributed by atoms with E-state index in [1.807, 2.05) is 0 Å². The van der Waals surface area contributed by atoms with Gasteiger partial charge in [-0.1, -0.05) is 6.07 Å². The zero-order valence-electron chi connectivity index (χ0n) is 14.3. The minimum Gasteiger partial charge on any atom is -0.444 e. The zero-order valence-corrected chi connectivity index (χ0v) is 14.3. The minimum atomic E-state index is -4.49. The highest BCUT2D eigenvalue weighted by Gasteiger charge is 2.37. The van der Waals surface area contributed by atoms with Crippen molar-refractivity contribution in [1.82, 2.24) is 4.90 Å². The second-order valence-corrected chi connectivity index (χ2v) is 6.90. The van der Waals surface area contributed by atoms with Crippen LogP contribution in [0.25, 0.3) is 0 Å². The summed E-state index contributed by atoms with van der Waals surface area (Å²) in [6.07, 6.45) is -4.03. The van der Waals surface area contributed by atoms with E-state index < -0.39 is 35.4 Å². The summed E-state index contributed by atoms with van der Waals surface area (Å²) in [5.41, 5.74) is -1.50. The van der Waals surface area contributed by atoms with E-state index in [1.54, 1.807) is 20.8 Å². The van der Waals surface area contributed by atoms with Crippen molar-refractivity contribution < 1.29 is 27.5 Å². The van der Waals surface area contributed by atoms with Gasteiger partial charge in [0.15, 0.2) is 0 Å². The van der Waals surface area contributed by atoms with Gasteiger partial charge in [0.05, 0.1) is 5.56 Å². The summed E-state index contributed by atoms with van der Waals surface area (Å²) in [5, 5.41) is 2.46. The molecule has 8 heteroatoms. The summed E-state index contributed by atoms with van der Waals surface area (Å²) < 4.78 is 43.5. The lowest BCUT2D eigenvalue weighted by Crippen LogP contribution is -2.45. The molecule has 1 aliphatic heterocycles. The lowest BCUT2D eigenvalue weighted by atomic mass is 10.1. The van der Waals surface area contributed by atoms with Crippen molar-refractivity contribution in [3.05, 3.63) is 29.8 Å². The molecule has 1 aliphatic rings. The van der Waals surface area contributed by atoms with Crippen LogP contribution >= 0.6 is 0 Å². The third-order valence-electron chi connectivity index (χ3n) is 3.64. The molecule has 2 amide bonds. The molecule has 0 aromatic heterocycles. The standard InChI is InChI=1S/C17H21F3N2O3/c1-16(2,3)25-15(24)22-9-5-8-13(22)14(23)21-12-7-4-6-11(10-12)17(18,19)20/h4,6-7,10,13H,5,8-9H2,1-3H3,(H,21,23)/t13-/m1/s1. The number of likely N-dealkylation sites (tertiary alicyclic amines) is 1. The van der Waals surface area contributed by atoms with Crippen LogP contribution in [0.5, 0.6) is 0 Å². The molecule has 1 aromatic carbocycles. The van der Waals surface area contributed by atoms with Gasteiger partial charge in [-0.05, 0) is 51.8 Å². The maximum absolute atomic E-state index is 12.7. The second kappa shape index (κ2) is 6.93. The van der Waals surface area contributed by atoms with Crippen molar-refractivity contribution in [1.29, 1.82) is 0 Å². The normalized spacial score (nSPS) is 18.2. The lowest BCUT2D eigenvalue weighted by molar-refractivity contribution is -0.137. The average Bonchev–Trinajstić information content (AvgIpc) is 2.94. The number of nitrogens with zero attached hydrogens (tertiary/aromatic N) is 1. The third-order valence-corrected chi connectivity index (χ3v) is 3.64. The molecule has 1 heterocycles. The highest BCUT2D eigenvalue weighted by Crippen LogP contribution is 2.31. The van der Waals surface area contributed by atoms with E-state index in [0.717, 1.165) is 12.1 Å². The van der Waals surface area contributed by atoms with Gasteiger partial charge in [0, 0.05) is 12.2 Å². The fourth-order valence-corrected chi connectivity index (χ4v) is 2.58. The predicted molar refractivity (Wildman–Crippen MR) is 86.0 cm³/mol. The van der Waals surface area contributed by atoms with Crippen molar-refractivity contribution >= 4 is 17.7 Å². The quantitative estimate of drug-likeness (QED) is 0.868. The molecule has 0 bridgehead atoms. The lowest BCUT2D eigenvalue weighted by Gasteiger charge is -2.28. The van der Waals surface area contributed by atoms with Crippen molar-refractivity contribution in [2.24, 2.45) is 0 Å². The van der Waals surface area contributed by atoms with Crippen LogP contribution in [-0.4, -0.2) is 35.1 Å². The molecule has 0 aliphatic carbocycles. The van der Waals surface area contributed by atoms with E-state index in [9.17, 15) is 22.8 Å². The maximum atomic E-state index is 12.7. The first-order valence-electron chi connectivity index (χ1n) is 7.95. The smallest absolute Gasteiger partial charge is 0.416 e. The van der Waals surface area contributed by atoms with Gasteiger partial charge in [0.1, 0.15) is 11.6 Å². The highest BCUT2D eigenvalue weighted by molar-refractivity contribution is 5.97. The number of nitrogens with one attached hydrogen (secondary N) is 1. The molecule has 0 saturated carbocycles. The Balaban J connectivity index is 2.08. The van der Waals surface area contributed by atoms with Crippen LogP contribution in [-0.2, 0) is 15.7 Å². The third kappa shape index (κ3) is 5.11. The number of alkyl halides is 3. The predicted octanol–water partition coefficient (Wildman–Crippen LogP) is 4.04. The average molecular weight is 358 g/mol. The topological polar surface area (TPSA) is 58.6 Å². The molecule has 0 spiro atoms. The Labute approximate surface area is 144 Å². The molecule has 1 atom stereocenters. The largest absolute Gasteiger partial charge is 0.444 e. The van der Waals surface area contributed by atoms with Gasteiger partial charge in [0.25, 0.3) is 0 Å². The highest BCUT2D eigenvalue weighted by atomic mass is 19.4. The Bertz CT molecular complexity index is 653. The molecule has 5 nitrogen and oxygen atoms in total. The first-order valence-corrected chi connectivity index (χ1v) is 7.95. The number of hydrogen-bond acceptors (Lipinski definition) is 3. The molecule has 1 fully saturated rings. The number of hydrogen-bond donors (Lipinski definition) is 1. The number of rotatable bonds is 2. The van der Waals surface area contributed by atoms with Gasteiger partial charge in [-0.2, -0.15) is 13.2 Å². The van der Waals surface area contributed by atoms with Gasteiger partial charge < -0.3 is 10.1 Å². The molecular formula is C17H21F3N2O3. The Morgan fingerprint density at radius 1 is 1.24 bits per heavy atom. The summed E-state index contributed by atoms with van der Waals surface area (Å²) in [7, 11) is 0. The first kappa shape index (κ1) is 19.1. The van der Waals surface area contributed by atoms with Gasteiger partial charge in [-0.3, -0.25) is 9.69 Å². The number of ether oxygens (including phenoxy) is 1. The van der Waals surface area contributed by atoms with Crippen molar-refractivity contribution in [3.8, 4) is 0 Å². The van der Waals surface area contributed by atoms with E-state index in [4.69, 9.17) is 4.74 Å². The van der Waals surface area contributed by atoms with Crippen molar-refractivity contribution in [2.45, 2.75) is 51.4 Å². The molecular weight excluding hydrogens is 337 g/mol. The number of benzene rings is 1. The monoisotopic (exact) mass is 358 g/mol. The molecule has 2 rings (SSSR count). The SMILES string of the molecule is CC(C)(C)OC(=O)N1CCC[C@@H]1C(=O)Nc1cccc(C(F)(F)F)c1. The Morgan fingerprint density at radius 3 is 2.52 bits per heavy atom. The number of halogens is 3. The molecule has 0 radical (unpaired) electrons. The van der Waals surface area contributed by atoms with Crippen LogP contribution in [0.4, 0.5) is 23.7 Å². The molecule has 25 heavy (non-hydrogen) atoms. The second-order valence-electron chi connectivity index (χ2n) is 6.90. The summed E-state index contributed by atoms with van der Waals surface area (Å²) in [6.45, 7) is 5.53. The molecule has 1 saturated heterocycles. The zero-order chi connectivity index (χ0) is 18.8. The molecule has 1 N–H and O–H groups in total. The van der Waals surface area contributed by atoms with E-state index in [1.165, 1.54) is 17.0 Å². The maximum Gasteiger partial charge on any atom is 0.416 e. The number of carbonyl (C=O) groups excluding carboxylic acids is 2. The summed E-state index contributed by atoms with van der Waals surface area (Å²) in [6, 6.07) is 3.63. The van der Waals surface area contributed by atoms with Crippen LogP contribution in [0, 0.1) is 0 Å². The van der Waals surface area contributed by atoms with Gasteiger partial charge >= 0.3 is 12.3 Å². The summed E-state index contributed by atoms with van der Waals surface area (Å²) in [4.78, 5) is 25.9. The molecule has 1 aromatic rings. The van der Waals surface area contributed by atoms with Crippen molar-refractivity contribution in [2.75, 3.05) is 11.9 Å². The van der Waals surface area contributed by atoms with Crippen LogP contribution < -0.4 is 5.32 Å². The number of anilines is 1. The van der Waals surface area contributed by atoms with Crippen LogP contribution in [0.15, 0.2) is 24.3 Å². The Hall–Kier alpha value is -2.25.